The average Bonchev–Trinajstić information content (AvgIpc) is 3.06. The van der Waals surface area contributed by atoms with Gasteiger partial charge in [0.1, 0.15) is 0 Å². The maximum Gasteiger partial charge on any atom is 0.0539 e. The van der Waals surface area contributed by atoms with E-state index in [2.05, 4.69) is 53.2 Å². The molecule has 0 spiro atoms. The lowest BCUT2D eigenvalue weighted by atomic mass is 10.1. The highest BCUT2D eigenvalue weighted by Crippen LogP contribution is 2.18. The van der Waals surface area contributed by atoms with E-state index < -0.39 is 0 Å². The third kappa shape index (κ3) is 2.27. The van der Waals surface area contributed by atoms with Crippen LogP contribution in [0.2, 0.25) is 0 Å². The Kier molecular flexibility index (Phi) is 3.09. The maximum atomic E-state index is 5.71. The Labute approximate surface area is 112 Å². The second-order valence-corrected chi connectivity index (χ2v) is 4.75. The van der Waals surface area contributed by atoms with Gasteiger partial charge in [0.15, 0.2) is 0 Å². The van der Waals surface area contributed by atoms with Crippen LogP contribution in [0.5, 0.6) is 0 Å². The molecule has 19 heavy (non-hydrogen) atoms. The Morgan fingerprint density at radius 3 is 2.84 bits per heavy atom. The van der Waals surface area contributed by atoms with Crippen molar-refractivity contribution in [2.45, 2.75) is 26.6 Å². The van der Waals surface area contributed by atoms with Crippen LogP contribution in [0, 0.1) is 0 Å². The molecule has 0 amide bonds. The fourth-order valence-corrected chi connectivity index (χ4v) is 2.35. The third-order valence-corrected chi connectivity index (χ3v) is 3.44. The number of nitrogens with zero attached hydrogens (tertiary/aromatic N) is 3. The molecule has 3 rings (SSSR count). The van der Waals surface area contributed by atoms with Crippen molar-refractivity contribution in [3.8, 4) is 0 Å². The van der Waals surface area contributed by atoms with Crippen molar-refractivity contribution in [2.24, 2.45) is 5.73 Å². The molecule has 0 aliphatic heterocycles. The van der Waals surface area contributed by atoms with E-state index in [0.29, 0.717) is 6.54 Å². The van der Waals surface area contributed by atoms with Crippen LogP contribution >= 0.6 is 0 Å². The first kappa shape index (κ1) is 12.0. The van der Waals surface area contributed by atoms with Gasteiger partial charge in [-0.1, -0.05) is 12.1 Å². The Morgan fingerprint density at radius 1 is 1.21 bits per heavy atom. The molecule has 0 radical (unpaired) electrons. The molecule has 4 nitrogen and oxygen atoms in total. The molecule has 0 aliphatic rings. The lowest BCUT2D eigenvalue weighted by Crippen LogP contribution is -1.99. The zero-order chi connectivity index (χ0) is 13.2. The van der Waals surface area contributed by atoms with Gasteiger partial charge < -0.3 is 10.3 Å². The number of rotatable bonds is 4. The van der Waals surface area contributed by atoms with Gasteiger partial charge in [-0.2, -0.15) is 5.10 Å². The van der Waals surface area contributed by atoms with Crippen LogP contribution in [-0.4, -0.2) is 14.3 Å². The van der Waals surface area contributed by atoms with E-state index in [0.717, 1.165) is 18.7 Å². The van der Waals surface area contributed by atoms with Crippen molar-refractivity contribution in [3.05, 3.63) is 54.0 Å². The van der Waals surface area contributed by atoms with Crippen molar-refractivity contribution in [3.63, 3.8) is 0 Å². The van der Waals surface area contributed by atoms with Crippen molar-refractivity contribution in [2.75, 3.05) is 0 Å². The predicted molar refractivity (Wildman–Crippen MR) is 76.8 cm³/mol. The average molecular weight is 254 g/mol. The van der Waals surface area contributed by atoms with Crippen LogP contribution in [-0.2, 0) is 19.6 Å². The summed E-state index contributed by atoms with van der Waals surface area (Å²) >= 11 is 0. The molecule has 0 aliphatic carbocycles. The van der Waals surface area contributed by atoms with Gasteiger partial charge in [0.2, 0.25) is 0 Å². The summed E-state index contributed by atoms with van der Waals surface area (Å²) < 4.78 is 4.19. The molecule has 0 saturated carbocycles. The van der Waals surface area contributed by atoms with Gasteiger partial charge in [0, 0.05) is 36.6 Å². The Bertz CT molecular complexity index is 693. The number of benzene rings is 1. The van der Waals surface area contributed by atoms with Crippen LogP contribution in [0.4, 0.5) is 0 Å². The Balaban J connectivity index is 1.95. The summed E-state index contributed by atoms with van der Waals surface area (Å²) in [5.74, 6) is 0. The summed E-state index contributed by atoms with van der Waals surface area (Å²) in [6.07, 6.45) is 6.15. The molecule has 2 N–H and O–H groups in total. The van der Waals surface area contributed by atoms with Gasteiger partial charge in [-0.15, -0.1) is 0 Å². The van der Waals surface area contributed by atoms with E-state index >= 15 is 0 Å². The summed E-state index contributed by atoms with van der Waals surface area (Å²) in [4.78, 5) is 0. The van der Waals surface area contributed by atoms with Crippen LogP contribution in [0.25, 0.3) is 10.9 Å². The van der Waals surface area contributed by atoms with E-state index in [9.17, 15) is 0 Å². The first-order valence-corrected chi connectivity index (χ1v) is 6.59. The summed E-state index contributed by atoms with van der Waals surface area (Å²) in [5, 5.41) is 5.56. The molecular formula is C15H18N4. The lowest BCUT2D eigenvalue weighted by Gasteiger charge is -2.05. The fraction of sp³-hybridized carbons (Fsp3) is 0.267. The minimum absolute atomic E-state index is 0.578. The van der Waals surface area contributed by atoms with Gasteiger partial charge in [0.25, 0.3) is 0 Å². The standard InChI is InChI=1S/C15H18N4/c1-2-19-11-13(9-17-19)10-18-6-5-14-4-3-12(8-16)7-15(14)18/h3-7,9,11H,2,8,10,16H2,1H3. The minimum atomic E-state index is 0.578. The van der Waals surface area contributed by atoms with Crippen LogP contribution in [0.1, 0.15) is 18.1 Å². The van der Waals surface area contributed by atoms with E-state index in [1.54, 1.807) is 0 Å². The molecule has 0 bridgehead atoms. The van der Waals surface area contributed by atoms with Gasteiger partial charge in [-0.3, -0.25) is 4.68 Å². The molecule has 2 heterocycles. The molecule has 3 aromatic rings. The molecule has 2 aromatic heterocycles. The first-order valence-electron chi connectivity index (χ1n) is 6.59. The molecule has 0 atom stereocenters. The quantitative estimate of drug-likeness (QED) is 0.777. The topological polar surface area (TPSA) is 48.8 Å². The number of hydrogen-bond donors (Lipinski definition) is 1. The molecule has 4 heteroatoms. The highest BCUT2D eigenvalue weighted by Gasteiger charge is 2.04. The lowest BCUT2D eigenvalue weighted by molar-refractivity contribution is 0.658. The molecule has 0 saturated heterocycles. The zero-order valence-electron chi connectivity index (χ0n) is 11.1. The van der Waals surface area contributed by atoms with E-state index in [1.807, 2.05) is 10.9 Å². The molecular weight excluding hydrogens is 236 g/mol. The number of nitrogens with two attached hydrogens (primary N) is 1. The maximum absolute atomic E-state index is 5.71. The number of fused-ring (bicyclic) bond motifs is 1. The summed E-state index contributed by atoms with van der Waals surface area (Å²) in [6, 6.07) is 8.52. The number of aromatic nitrogens is 3. The summed E-state index contributed by atoms with van der Waals surface area (Å²) in [5.41, 5.74) is 9.32. The van der Waals surface area contributed by atoms with Crippen LogP contribution < -0.4 is 5.73 Å². The number of hydrogen-bond acceptors (Lipinski definition) is 2. The summed E-state index contributed by atoms with van der Waals surface area (Å²) in [6.45, 7) is 4.42. The van der Waals surface area contributed by atoms with Crippen molar-refractivity contribution >= 4 is 10.9 Å². The monoisotopic (exact) mass is 254 g/mol. The van der Waals surface area contributed by atoms with E-state index in [1.165, 1.54) is 16.5 Å². The van der Waals surface area contributed by atoms with Gasteiger partial charge in [-0.05, 0) is 30.0 Å². The van der Waals surface area contributed by atoms with E-state index in [4.69, 9.17) is 5.73 Å². The van der Waals surface area contributed by atoms with Crippen molar-refractivity contribution < 1.29 is 0 Å². The Morgan fingerprint density at radius 2 is 2.11 bits per heavy atom. The Hall–Kier alpha value is -2.07. The highest BCUT2D eigenvalue weighted by atomic mass is 15.3. The van der Waals surface area contributed by atoms with Gasteiger partial charge in [-0.25, -0.2) is 0 Å². The highest BCUT2D eigenvalue weighted by molar-refractivity contribution is 5.80. The zero-order valence-corrected chi connectivity index (χ0v) is 11.1. The summed E-state index contributed by atoms with van der Waals surface area (Å²) in [7, 11) is 0. The first-order chi connectivity index (χ1) is 9.30. The normalized spacial score (nSPS) is 11.3. The van der Waals surface area contributed by atoms with Crippen LogP contribution in [0.3, 0.4) is 0 Å². The number of aryl methyl sites for hydroxylation is 1. The van der Waals surface area contributed by atoms with Gasteiger partial charge >= 0.3 is 0 Å². The van der Waals surface area contributed by atoms with Gasteiger partial charge in [0.05, 0.1) is 12.7 Å². The predicted octanol–water partition coefficient (Wildman–Crippen LogP) is 2.36. The molecule has 0 unspecified atom stereocenters. The fourth-order valence-electron chi connectivity index (χ4n) is 2.35. The van der Waals surface area contributed by atoms with E-state index in [-0.39, 0.29) is 0 Å². The molecule has 0 fully saturated rings. The van der Waals surface area contributed by atoms with Crippen molar-refractivity contribution in [1.29, 1.82) is 0 Å². The second-order valence-electron chi connectivity index (χ2n) is 4.75. The van der Waals surface area contributed by atoms with Crippen LogP contribution in [0.15, 0.2) is 42.9 Å². The second kappa shape index (κ2) is 4.90. The largest absolute Gasteiger partial charge is 0.343 e. The minimum Gasteiger partial charge on any atom is -0.343 e. The van der Waals surface area contributed by atoms with Crippen molar-refractivity contribution in [1.82, 2.24) is 14.3 Å². The smallest absolute Gasteiger partial charge is 0.0539 e. The molecule has 1 aromatic carbocycles. The molecule has 98 valence electrons. The third-order valence-electron chi connectivity index (χ3n) is 3.44. The SMILES string of the molecule is CCn1cc(Cn2ccc3ccc(CN)cc32)cn1.